The van der Waals surface area contributed by atoms with Gasteiger partial charge in [0.25, 0.3) is 5.91 Å². The van der Waals surface area contributed by atoms with Gasteiger partial charge in [0.05, 0.1) is 0 Å². The minimum atomic E-state index is -0.716. The summed E-state index contributed by atoms with van der Waals surface area (Å²) in [6, 6.07) is 0. The quantitative estimate of drug-likeness (QED) is 0.807. The first-order valence-electron chi connectivity index (χ1n) is 9.42. The van der Waals surface area contributed by atoms with E-state index in [0.717, 1.165) is 24.3 Å². The predicted molar refractivity (Wildman–Crippen MR) is 95.0 cm³/mol. The van der Waals surface area contributed by atoms with Crippen LogP contribution in [0.3, 0.4) is 0 Å². The number of amides is 1. The van der Waals surface area contributed by atoms with Crippen molar-refractivity contribution in [1.29, 1.82) is 0 Å². The molecule has 4 aliphatic carbocycles. The molecule has 140 valence electrons. The molecule has 0 radical (unpaired) electrons. The highest BCUT2D eigenvalue weighted by Gasteiger charge is 2.51. The van der Waals surface area contributed by atoms with Gasteiger partial charge in [-0.2, -0.15) is 0 Å². The number of nitrogens with two attached hydrogens (primary N) is 1. The third-order valence-corrected chi connectivity index (χ3v) is 6.41. The largest absolute Gasteiger partial charge is 0.451 e. The van der Waals surface area contributed by atoms with E-state index in [1.807, 2.05) is 7.05 Å². The molecule has 4 bridgehead atoms. The molecule has 0 aliphatic heterocycles. The summed E-state index contributed by atoms with van der Waals surface area (Å²) < 4.78 is 5.10. The number of aromatic nitrogens is 2. The number of likely N-dealkylation sites (N-methyl/N-ethyl adjacent to an activating group) is 1. The fourth-order valence-corrected chi connectivity index (χ4v) is 5.89. The number of ether oxygens (including phenoxy) is 1. The van der Waals surface area contributed by atoms with Crippen molar-refractivity contribution in [3.63, 3.8) is 0 Å². The fraction of sp³-hybridized carbons (Fsp3) is 0.684. The minimum Gasteiger partial charge on any atom is -0.451 e. The Morgan fingerprint density at radius 2 is 1.73 bits per heavy atom. The van der Waals surface area contributed by atoms with Gasteiger partial charge in [-0.1, -0.05) is 0 Å². The summed E-state index contributed by atoms with van der Waals surface area (Å²) in [7, 11) is 1.81. The lowest BCUT2D eigenvalue weighted by Crippen LogP contribution is -2.51. The summed E-state index contributed by atoms with van der Waals surface area (Å²) in [5, 5.41) is 0. The topological polar surface area (TPSA) is 98.4 Å². The van der Waals surface area contributed by atoms with Gasteiger partial charge in [-0.15, -0.1) is 0 Å². The molecule has 1 amide bonds. The second-order valence-corrected chi connectivity index (χ2v) is 8.53. The molecule has 1 aromatic rings. The molecule has 4 fully saturated rings. The van der Waals surface area contributed by atoms with Crippen molar-refractivity contribution >= 4 is 17.7 Å². The monoisotopic (exact) mass is 358 g/mol. The SMILES string of the molecule is CN(CC12CC3CC(CC(C3)C1)C2)C(=O)COC(=O)c1nccnc1N. The van der Waals surface area contributed by atoms with Gasteiger partial charge in [0.15, 0.2) is 18.1 Å². The number of nitrogen functional groups attached to an aromatic ring is 1. The zero-order chi connectivity index (χ0) is 18.3. The number of rotatable bonds is 5. The highest BCUT2D eigenvalue weighted by Crippen LogP contribution is 2.60. The molecule has 0 atom stereocenters. The van der Waals surface area contributed by atoms with Gasteiger partial charge in [-0.25, -0.2) is 14.8 Å². The van der Waals surface area contributed by atoms with Crippen LogP contribution in [0.15, 0.2) is 12.4 Å². The average molecular weight is 358 g/mol. The van der Waals surface area contributed by atoms with Crippen LogP contribution in [-0.2, 0) is 9.53 Å². The lowest BCUT2D eigenvalue weighted by atomic mass is 9.49. The molecule has 4 saturated carbocycles. The molecule has 1 heterocycles. The second-order valence-electron chi connectivity index (χ2n) is 8.53. The number of esters is 1. The molecule has 7 nitrogen and oxygen atoms in total. The van der Waals surface area contributed by atoms with E-state index in [1.54, 1.807) is 4.90 Å². The van der Waals surface area contributed by atoms with E-state index in [-0.39, 0.29) is 29.4 Å². The maximum Gasteiger partial charge on any atom is 0.361 e. The van der Waals surface area contributed by atoms with Gasteiger partial charge in [0.2, 0.25) is 0 Å². The van der Waals surface area contributed by atoms with Crippen LogP contribution in [0.4, 0.5) is 5.82 Å². The standard InChI is InChI=1S/C19H26N4O3/c1-23(11-19-7-12-4-13(8-19)6-14(5-12)9-19)15(24)10-26-18(25)16-17(20)22-3-2-21-16/h2-3,12-14H,4-11H2,1H3,(H2,20,22). The van der Waals surface area contributed by atoms with Crippen LogP contribution in [0.25, 0.3) is 0 Å². The number of carbonyl (C=O) groups is 2. The Bertz CT molecular complexity index is 685. The lowest BCUT2D eigenvalue weighted by Gasteiger charge is -2.57. The Morgan fingerprint density at radius 1 is 1.15 bits per heavy atom. The molecule has 5 rings (SSSR count). The normalized spacial score (nSPS) is 31.7. The van der Waals surface area contributed by atoms with Crippen molar-refractivity contribution in [2.45, 2.75) is 38.5 Å². The number of hydrogen-bond donors (Lipinski definition) is 1. The molecule has 4 aliphatic rings. The van der Waals surface area contributed by atoms with Gasteiger partial charge in [-0.05, 0) is 61.7 Å². The van der Waals surface area contributed by atoms with E-state index >= 15 is 0 Å². The molecule has 0 saturated heterocycles. The van der Waals surface area contributed by atoms with Crippen LogP contribution < -0.4 is 5.73 Å². The smallest absolute Gasteiger partial charge is 0.361 e. The molecule has 7 heteroatoms. The Kier molecular flexibility index (Phi) is 4.32. The molecule has 0 unspecified atom stereocenters. The summed E-state index contributed by atoms with van der Waals surface area (Å²) >= 11 is 0. The zero-order valence-corrected chi connectivity index (χ0v) is 15.2. The molecule has 2 N–H and O–H groups in total. The molecule has 0 aromatic carbocycles. The van der Waals surface area contributed by atoms with E-state index in [0.29, 0.717) is 0 Å². The summed E-state index contributed by atoms with van der Waals surface area (Å²) in [5.74, 6) is 1.65. The predicted octanol–water partition coefficient (Wildman–Crippen LogP) is 1.89. The minimum absolute atomic E-state index is 0.00636. The summed E-state index contributed by atoms with van der Waals surface area (Å²) in [6.07, 6.45) is 10.6. The highest BCUT2D eigenvalue weighted by molar-refractivity contribution is 5.93. The second kappa shape index (κ2) is 6.52. The van der Waals surface area contributed by atoms with Crippen molar-refractivity contribution in [3.8, 4) is 0 Å². The maximum absolute atomic E-state index is 12.5. The molecule has 0 spiro atoms. The summed E-state index contributed by atoms with van der Waals surface area (Å²) in [6.45, 7) is 0.470. The van der Waals surface area contributed by atoms with E-state index in [1.165, 1.54) is 50.9 Å². The van der Waals surface area contributed by atoms with Crippen LogP contribution >= 0.6 is 0 Å². The molecular formula is C19H26N4O3. The van der Waals surface area contributed by atoms with E-state index < -0.39 is 5.97 Å². The van der Waals surface area contributed by atoms with Crippen molar-refractivity contribution in [3.05, 3.63) is 18.1 Å². The van der Waals surface area contributed by atoms with Crippen LogP contribution in [-0.4, -0.2) is 46.9 Å². The van der Waals surface area contributed by atoms with Crippen molar-refractivity contribution in [2.24, 2.45) is 23.2 Å². The Morgan fingerprint density at radius 3 is 2.31 bits per heavy atom. The van der Waals surface area contributed by atoms with Crippen molar-refractivity contribution in [1.82, 2.24) is 14.9 Å². The Balaban J connectivity index is 1.32. The molecule has 1 aromatic heterocycles. The third-order valence-electron chi connectivity index (χ3n) is 6.41. The summed E-state index contributed by atoms with van der Waals surface area (Å²) in [4.78, 5) is 33.9. The first-order valence-corrected chi connectivity index (χ1v) is 9.42. The highest BCUT2D eigenvalue weighted by atomic mass is 16.5. The van der Waals surface area contributed by atoms with Gasteiger partial charge in [-0.3, -0.25) is 4.79 Å². The van der Waals surface area contributed by atoms with Crippen LogP contribution in [0, 0.1) is 23.2 Å². The van der Waals surface area contributed by atoms with Gasteiger partial charge in [0, 0.05) is 26.0 Å². The molecular weight excluding hydrogens is 332 g/mol. The zero-order valence-electron chi connectivity index (χ0n) is 15.2. The van der Waals surface area contributed by atoms with Gasteiger partial charge >= 0.3 is 5.97 Å². The van der Waals surface area contributed by atoms with Crippen LogP contribution in [0.1, 0.15) is 49.0 Å². The van der Waals surface area contributed by atoms with E-state index in [4.69, 9.17) is 10.5 Å². The first-order chi connectivity index (χ1) is 12.4. The summed E-state index contributed by atoms with van der Waals surface area (Å²) in [5.41, 5.74) is 5.84. The number of anilines is 1. The number of hydrogen-bond acceptors (Lipinski definition) is 6. The lowest BCUT2D eigenvalue weighted by molar-refractivity contribution is -0.138. The van der Waals surface area contributed by atoms with E-state index in [9.17, 15) is 9.59 Å². The third kappa shape index (κ3) is 3.27. The number of nitrogens with zero attached hydrogens (tertiary/aromatic N) is 3. The Labute approximate surface area is 153 Å². The van der Waals surface area contributed by atoms with Crippen molar-refractivity contribution in [2.75, 3.05) is 25.9 Å². The van der Waals surface area contributed by atoms with Gasteiger partial charge < -0.3 is 15.4 Å². The molecule has 26 heavy (non-hydrogen) atoms. The van der Waals surface area contributed by atoms with Crippen molar-refractivity contribution < 1.29 is 14.3 Å². The first kappa shape index (κ1) is 17.2. The Hall–Kier alpha value is -2.18. The number of carbonyl (C=O) groups excluding carboxylic acids is 2. The fourth-order valence-electron chi connectivity index (χ4n) is 5.89. The van der Waals surface area contributed by atoms with E-state index in [2.05, 4.69) is 9.97 Å². The van der Waals surface area contributed by atoms with Gasteiger partial charge in [0.1, 0.15) is 0 Å². The van der Waals surface area contributed by atoms with Crippen LogP contribution in [0.5, 0.6) is 0 Å². The maximum atomic E-state index is 12.5. The van der Waals surface area contributed by atoms with Crippen LogP contribution in [0.2, 0.25) is 0 Å². The average Bonchev–Trinajstić information content (AvgIpc) is 2.58.